The van der Waals surface area contributed by atoms with Gasteiger partial charge in [0.15, 0.2) is 5.69 Å². The number of fused-ring (bicyclic) bond motifs is 1. The van der Waals surface area contributed by atoms with Crippen molar-refractivity contribution in [2.75, 3.05) is 13.0 Å². The zero-order valence-corrected chi connectivity index (χ0v) is 12.2. The van der Waals surface area contributed by atoms with E-state index >= 15 is 0 Å². The molecule has 0 atom stereocenters. The first-order valence-electron chi connectivity index (χ1n) is 6.03. The molecule has 0 aliphatic rings. The van der Waals surface area contributed by atoms with E-state index in [9.17, 15) is 14.7 Å². The Morgan fingerprint density at radius 2 is 2.27 bits per heavy atom. The minimum Gasteiger partial charge on any atom is -0.508 e. The van der Waals surface area contributed by atoms with E-state index < -0.39 is 23.0 Å². The Bertz CT molecular complexity index is 828. The van der Waals surface area contributed by atoms with Gasteiger partial charge in [-0.2, -0.15) is 0 Å². The number of allylic oxidation sites excluding steroid dienone is 1. The number of esters is 1. The van der Waals surface area contributed by atoms with Crippen LogP contribution in [0.15, 0.2) is 57.1 Å². The van der Waals surface area contributed by atoms with Gasteiger partial charge in [0.2, 0.25) is 5.70 Å². The number of hydrogen-bond acceptors (Lipinski definition) is 7. The van der Waals surface area contributed by atoms with Crippen molar-refractivity contribution in [1.29, 1.82) is 0 Å². The predicted molar refractivity (Wildman–Crippen MR) is 78.4 cm³/mol. The summed E-state index contributed by atoms with van der Waals surface area (Å²) in [6, 6.07) is 5.05. The third kappa shape index (κ3) is 3.12. The molecule has 8 nitrogen and oxygen atoms in total. The second-order valence-electron chi connectivity index (χ2n) is 4.00. The van der Waals surface area contributed by atoms with Crippen molar-refractivity contribution in [2.45, 2.75) is 0 Å². The smallest absolute Gasteiger partial charge is 0.362 e. The summed E-state index contributed by atoms with van der Waals surface area (Å²) in [5.74, 6) is -1.78. The summed E-state index contributed by atoms with van der Waals surface area (Å²) in [6.07, 6.45) is 2.74. The van der Waals surface area contributed by atoms with Crippen LogP contribution < -0.4 is 5.56 Å². The molecule has 0 radical (unpaired) electrons. The maximum atomic E-state index is 12.2. The SMILES string of the molecule is COC(=O)/C(N=Nc1cnc2ccccn2c1=O)=C(/O)CCl. The molecule has 0 bridgehead atoms. The highest BCUT2D eigenvalue weighted by Gasteiger charge is 2.15. The topological polar surface area (TPSA) is 106 Å². The normalized spacial score (nSPS) is 12.5. The van der Waals surface area contributed by atoms with Crippen LogP contribution in [0.4, 0.5) is 5.69 Å². The van der Waals surface area contributed by atoms with Crippen LogP contribution in [0.3, 0.4) is 0 Å². The number of ether oxygens (including phenoxy) is 1. The second kappa shape index (κ2) is 6.81. The summed E-state index contributed by atoms with van der Waals surface area (Å²) >= 11 is 5.44. The van der Waals surface area contributed by atoms with Crippen molar-refractivity contribution in [3.8, 4) is 0 Å². The van der Waals surface area contributed by atoms with E-state index in [-0.39, 0.29) is 11.6 Å². The number of carbonyl (C=O) groups excluding carboxylic acids is 1. The van der Waals surface area contributed by atoms with Crippen LogP contribution in [0, 0.1) is 0 Å². The average molecular weight is 323 g/mol. The van der Waals surface area contributed by atoms with Crippen molar-refractivity contribution >= 4 is 28.9 Å². The van der Waals surface area contributed by atoms with Gasteiger partial charge in [0.25, 0.3) is 5.56 Å². The Morgan fingerprint density at radius 3 is 2.95 bits per heavy atom. The van der Waals surface area contributed by atoms with Gasteiger partial charge in [-0.3, -0.25) is 9.20 Å². The first-order valence-corrected chi connectivity index (χ1v) is 6.56. The van der Waals surface area contributed by atoms with Gasteiger partial charge in [-0.15, -0.1) is 21.8 Å². The first kappa shape index (κ1) is 15.6. The van der Waals surface area contributed by atoms with Gasteiger partial charge in [0, 0.05) is 6.20 Å². The Kier molecular flexibility index (Phi) is 4.84. The molecule has 0 saturated carbocycles. The Balaban J connectivity index is 2.47. The van der Waals surface area contributed by atoms with E-state index in [4.69, 9.17) is 11.6 Å². The monoisotopic (exact) mass is 322 g/mol. The minimum atomic E-state index is -0.921. The number of azo groups is 1. The summed E-state index contributed by atoms with van der Waals surface area (Å²) in [5.41, 5.74) is -0.606. The zero-order valence-electron chi connectivity index (χ0n) is 11.4. The number of nitrogens with zero attached hydrogens (tertiary/aromatic N) is 4. The van der Waals surface area contributed by atoms with E-state index in [2.05, 4.69) is 19.9 Å². The molecule has 0 saturated heterocycles. The first-order chi connectivity index (χ1) is 10.6. The van der Waals surface area contributed by atoms with Crippen molar-refractivity contribution < 1.29 is 14.6 Å². The van der Waals surface area contributed by atoms with Crippen LogP contribution in [-0.2, 0) is 9.53 Å². The standard InChI is InChI=1S/C13H11ClN4O4/c1-22-13(21)11(9(19)6-14)17-16-8-7-15-10-4-2-3-5-18(10)12(8)20/h2-5,7,19H,6H2,1H3/b11-9-,17-16?. The van der Waals surface area contributed by atoms with Gasteiger partial charge in [-0.1, -0.05) is 6.07 Å². The fraction of sp³-hybridized carbons (Fsp3) is 0.154. The van der Waals surface area contributed by atoms with Gasteiger partial charge in [-0.05, 0) is 12.1 Å². The van der Waals surface area contributed by atoms with E-state index in [0.29, 0.717) is 5.65 Å². The summed E-state index contributed by atoms with van der Waals surface area (Å²) < 4.78 is 5.73. The predicted octanol–water partition coefficient (Wildman–Crippen LogP) is 1.96. The summed E-state index contributed by atoms with van der Waals surface area (Å²) in [5, 5.41) is 16.7. The molecule has 22 heavy (non-hydrogen) atoms. The number of aromatic nitrogens is 2. The van der Waals surface area contributed by atoms with E-state index in [0.717, 1.165) is 7.11 Å². The number of alkyl halides is 1. The highest BCUT2D eigenvalue weighted by atomic mass is 35.5. The number of methoxy groups -OCH3 is 1. The fourth-order valence-corrected chi connectivity index (χ4v) is 1.69. The molecule has 0 aliphatic heterocycles. The quantitative estimate of drug-likeness (QED) is 0.304. The molecule has 2 rings (SSSR count). The minimum absolute atomic E-state index is 0.104. The molecule has 2 aromatic heterocycles. The molecular weight excluding hydrogens is 312 g/mol. The highest BCUT2D eigenvalue weighted by Crippen LogP contribution is 2.12. The second-order valence-corrected chi connectivity index (χ2v) is 4.27. The molecule has 0 fully saturated rings. The average Bonchev–Trinajstić information content (AvgIpc) is 2.56. The maximum Gasteiger partial charge on any atom is 0.362 e. The van der Waals surface area contributed by atoms with Crippen molar-refractivity contribution in [3.05, 3.63) is 52.4 Å². The van der Waals surface area contributed by atoms with E-state index in [1.165, 1.54) is 16.8 Å². The summed E-state index contributed by atoms with van der Waals surface area (Å²) in [7, 11) is 1.12. The fourth-order valence-electron chi connectivity index (χ4n) is 1.57. The van der Waals surface area contributed by atoms with Gasteiger partial charge in [0.1, 0.15) is 11.4 Å². The van der Waals surface area contributed by atoms with Gasteiger partial charge in [-0.25, -0.2) is 9.78 Å². The third-order valence-electron chi connectivity index (χ3n) is 2.63. The van der Waals surface area contributed by atoms with Crippen molar-refractivity contribution in [1.82, 2.24) is 9.38 Å². The number of carbonyl (C=O) groups is 1. The number of aliphatic hydroxyl groups excluding tert-OH is 1. The number of rotatable bonds is 4. The largest absolute Gasteiger partial charge is 0.508 e. The third-order valence-corrected chi connectivity index (χ3v) is 2.88. The summed E-state index contributed by atoms with van der Waals surface area (Å²) in [4.78, 5) is 27.7. The Morgan fingerprint density at radius 1 is 1.50 bits per heavy atom. The molecule has 0 amide bonds. The number of halogens is 1. The molecule has 0 aromatic carbocycles. The maximum absolute atomic E-state index is 12.2. The van der Waals surface area contributed by atoms with Crippen molar-refractivity contribution in [3.63, 3.8) is 0 Å². The van der Waals surface area contributed by atoms with E-state index in [1.54, 1.807) is 18.2 Å². The molecule has 0 aliphatic carbocycles. The lowest BCUT2D eigenvalue weighted by Gasteiger charge is -2.02. The molecule has 114 valence electrons. The van der Waals surface area contributed by atoms with Crippen LogP contribution >= 0.6 is 11.6 Å². The molecule has 2 aromatic rings. The number of hydrogen-bond donors (Lipinski definition) is 1. The Hall–Kier alpha value is -2.74. The van der Waals surface area contributed by atoms with Crippen LogP contribution in [0.5, 0.6) is 0 Å². The van der Waals surface area contributed by atoms with Crippen LogP contribution in [0.1, 0.15) is 0 Å². The number of pyridine rings is 1. The van der Waals surface area contributed by atoms with Crippen LogP contribution in [-0.4, -0.2) is 33.5 Å². The van der Waals surface area contributed by atoms with Crippen LogP contribution in [0.2, 0.25) is 0 Å². The van der Waals surface area contributed by atoms with E-state index in [1.807, 2.05) is 0 Å². The van der Waals surface area contributed by atoms with Crippen LogP contribution in [0.25, 0.3) is 5.65 Å². The Labute approximate surface area is 129 Å². The molecule has 0 unspecified atom stereocenters. The molecule has 9 heteroatoms. The molecule has 0 spiro atoms. The highest BCUT2D eigenvalue weighted by molar-refractivity contribution is 6.19. The lowest BCUT2D eigenvalue weighted by molar-refractivity contribution is -0.136. The van der Waals surface area contributed by atoms with Gasteiger partial charge in [0.05, 0.1) is 19.2 Å². The number of aliphatic hydroxyl groups is 1. The molecular formula is C13H11ClN4O4. The lowest BCUT2D eigenvalue weighted by atomic mass is 10.4. The van der Waals surface area contributed by atoms with Gasteiger partial charge < -0.3 is 9.84 Å². The molecule has 1 N–H and O–H groups in total. The molecule has 2 heterocycles. The van der Waals surface area contributed by atoms with Crippen molar-refractivity contribution in [2.24, 2.45) is 10.2 Å². The lowest BCUT2D eigenvalue weighted by Crippen LogP contribution is -2.13. The summed E-state index contributed by atoms with van der Waals surface area (Å²) in [6.45, 7) is 0. The van der Waals surface area contributed by atoms with Gasteiger partial charge >= 0.3 is 5.97 Å². The zero-order chi connectivity index (χ0) is 16.1.